The van der Waals surface area contributed by atoms with E-state index in [0.29, 0.717) is 6.61 Å². The van der Waals surface area contributed by atoms with Crippen molar-refractivity contribution in [1.29, 1.82) is 0 Å². The Kier molecular flexibility index (Phi) is 4.47. The summed E-state index contributed by atoms with van der Waals surface area (Å²) in [6.45, 7) is 4.80. The lowest BCUT2D eigenvalue weighted by Crippen LogP contribution is -2.27. The van der Waals surface area contributed by atoms with Crippen molar-refractivity contribution in [2.75, 3.05) is 6.61 Å². The molecule has 0 bridgehead atoms. The van der Waals surface area contributed by atoms with Gasteiger partial charge in [-0.25, -0.2) is 0 Å². The SMILES string of the molecule is CCCC(N)COc1ccc(C)cc1. The molecule has 14 heavy (non-hydrogen) atoms. The van der Waals surface area contributed by atoms with Crippen LogP contribution in [0.3, 0.4) is 0 Å². The zero-order valence-electron chi connectivity index (χ0n) is 8.99. The molecule has 78 valence electrons. The van der Waals surface area contributed by atoms with E-state index in [1.165, 1.54) is 5.56 Å². The van der Waals surface area contributed by atoms with Gasteiger partial charge >= 0.3 is 0 Å². The van der Waals surface area contributed by atoms with Crippen LogP contribution in [0.5, 0.6) is 5.75 Å². The number of hydrogen-bond donors (Lipinski definition) is 1. The van der Waals surface area contributed by atoms with Gasteiger partial charge in [0.25, 0.3) is 0 Å². The Morgan fingerprint density at radius 1 is 1.29 bits per heavy atom. The van der Waals surface area contributed by atoms with Crippen molar-refractivity contribution < 1.29 is 4.74 Å². The molecule has 0 heterocycles. The molecule has 1 unspecified atom stereocenters. The van der Waals surface area contributed by atoms with Gasteiger partial charge in [0.05, 0.1) is 0 Å². The number of benzene rings is 1. The predicted octanol–water partition coefficient (Wildman–Crippen LogP) is 2.50. The van der Waals surface area contributed by atoms with Crippen molar-refractivity contribution in [1.82, 2.24) is 0 Å². The lowest BCUT2D eigenvalue weighted by molar-refractivity contribution is 0.281. The van der Waals surface area contributed by atoms with Crippen LogP contribution in [0.25, 0.3) is 0 Å². The average Bonchev–Trinajstić information content (AvgIpc) is 2.17. The third-order valence-electron chi connectivity index (χ3n) is 2.14. The van der Waals surface area contributed by atoms with E-state index in [4.69, 9.17) is 10.5 Å². The van der Waals surface area contributed by atoms with Crippen LogP contribution in [0.2, 0.25) is 0 Å². The highest BCUT2D eigenvalue weighted by Gasteiger charge is 2.01. The molecule has 0 saturated heterocycles. The van der Waals surface area contributed by atoms with Crippen LogP contribution in [0.15, 0.2) is 24.3 Å². The molecule has 1 rings (SSSR count). The van der Waals surface area contributed by atoms with Crippen molar-refractivity contribution >= 4 is 0 Å². The minimum absolute atomic E-state index is 0.154. The molecule has 1 aromatic carbocycles. The van der Waals surface area contributed by atoms with Crippen molar-refractivity contribution in [2.45, 2.75) is 32.7 Å². The summed E-state index contributed by atoms with van der Waals surface area (Å²) in [5.74, 6) is 0.905. The Morgan fingerprint density at radius 2 is 1.93 bits per heavy atom. The summed E-state index contributed by atoms with van der Waals surface area (Å²) in [4.78, 5) is 0. The van der Waals surface area contributed by atoms with Crippen molar-refractivity contribution in [3.63, 3.8) is 0 Å². The second-order valence-electron chi connectivity index (χ2n) is 3.67. The van der Waals surface area contributed by atoms with Gasteiger partial charge in [-0.05, 0) is 25.5 Å². The Hall–Kier alpha value is -1.02. The molecular weight excluding hydrogens is 174 g/mol. The zero-order valence-corrected chi connectivity index (χ0v) is 8.99. The summed E-state index contributed by atoms with van der Waals surface area (Å²) in [5.41, 5.74) is 7.08. The van der Waals surface area contributed by atoms with Crippen molar-refractivity contribution in [3.05, 3.63) is 29.8 Å². The molecule has 2 nitrogen and oxygen atoms in total. The minimum atomic E-state index is 0.154. The van der Waals surface area contributed by atoms with E-state index in [1.54, 1.807) is 0 Å². The molecule has 0 aliphatic rings. The molecule has 0 saturated carbocycles. The first kappa shape index (κ1) is 11.1. The number of ether oxygens (including phenoxy) is 1. The van der Waals surface area contributed by atoms with Crippen LogP contribution >= 0.6 is 0 Å². The van der Waals surface area contributed by atoms with E-state index in [9.17, 15) is 0 Å². The Bertz CT molecular complexity index is 256. The van der Waals surface area contributed by atoms with E-state index in [-0.39, 0.29) is 6.04 Å². The second-order valence-corrected chi connectivity index (χ2v) is 3.67. The topological polar surface area (TPSA) is 35.2 Å². The van der Waals surface area contributed by atoms with Gasteiger partial charge in [0.15, 0.2) is 0 Å². The molecule has 0 radical (unpaired) electrons. The summed E-state index contributed by atoms with van der Waals surface area (Å²) in [6, 6.07) is 8.20. The first-order chi connectivity index (χ1) is 6.72. The van der Waals surface area contributed by atoms with Gasteiger partial charge in [-0.15, -0.1) is 0 Å². The van der Waals surface area contributed by atoms with Gasteiger partial charge in [-0.1, -0.05) is 31.0 Å². The lowest BCUT2D eigenvalue weighted by atomic mass is 10.2. The van der Waals surface area contributed by atoms with Crippen LogP contribution in [0.4, 0.5) is 0 Å². The molecule has 0 aromatic heterocycles. The van der Waals surface area contributed by atoms with E-state index in [1.807, 2.05) is 24.3 Å². The maximum atomic E-state index is 5.84. The van der Waals surface area contributed by atoms with Crippen molar-refractivity contribution in [3.8, 4) is 5.75 Å². The second kappa shape index (κ2) is 5.66. The third kappa shape index (κ3) is 3.79. The maximum Gasteiger partial charge on any atom is 0.119 e. The quantitative estimate of drug-likeness (QED) is 0.779. The molecule has 2 N–H and O–H groups in total. The first-order valence-electron chi connectivity index (χ1n) is 5.17. The Labute approximate surface area is 86.1 Å². The molecule has 1 aromatic rings. The Balaban J connectivity index is 2.34. The van der Waals surface area contributed by atoms with Gasteiger partial charge in [-0.3, -0.25) is 0 Å². The number of hydrogen-bond acceptors (Lipinski definition) is 2. The highest BCUT2D eigenvalue weighted by molar-refractivity contribution is 5.26. The molecule has 0 aliphatic heterocycles. The van der Waals surface area contributed by atoms with Gasteiger partial charge in [-0.2, -0.15) is 0 Å². The summed E-state index contributed by atoms with van der Waals surface area (Å²) in [5, 5.41) is 0. The summed E-state index contributed by atoms with van der Waals surface area (Å²) in [7, 11) is 0. The summed E-state index contributed by atoms with van der Waals surface area (Å²) < 4.78 is 5.55. The third-order valence-corrected chi connectivity index (χ3v) is 2.14. The van der Waals surface area contributed by atoms with Crippen LogP contribution in [-0.4, -0.2) is 12.6 Å². The molecule has 0 spiro atoms. The van der Waals surface area contributed by atoms with E-state index in [2.05, 4.69) is 13.8 Å². The fourth-order valence-electron chi connectivity index (χ4n) is 1.29. The first-order valence-corrected chi connectivity index (χ1v) is 5.17. The number of nitrogens with two attached hydrogens (primary N) is 1. The van der Waals surface area contributed by atoms with E-state index in [0.717, 1.165) is 18.6 Å². The number of aryl methyl sites for hydroxylation is 1. The van der Waals surface area contributed by atoms with Gasteiger partial charge in [0.2, 0.25) is 0 Å². The normalized spacial score (nSPS) is 12.5. The summed E-state index contributed by atoms with van der Waals surface area (Å²) >= 11 is 0. The lowest BCUT2D eigenvalue weighted by Gasteiger charge is -2.12. The van der Waals surface area contributed by atoms with E-state index < -0.39 is 0 Å². The van der Waals surface area contributed by atoms with Crippen LogP contribution in [0, 0.1) is 6.92 Å². The Morgan fingerprint density at radius 3 is 2.50 bits per heavy atom. The molecule has 2 heteroatoms. The number of rotatable bonds is 5. The minimum Gasteiger partial charge on any atom is -0.492 e. The van der Waals surface area contributed by atoms with Crippen molar-refractivity contribution in [2.24, 2.45) is 5.73 Å². The molecular formula is C12H19NO. The van der Waals surface area contributed by atoms with E-state index >= 15 is 0 Å². The molecule has 0 amide bonds. The fourth-order valence-corrected chi connectivity index (χ4v) is 1.29. The monoisotopic (exact) mass is 193 g/mol. The highest BCUT2D eigenvalue weighted by atomic mass is 16.5. The molecule has 0 aliphatic carbocycles. The maximum absolute atomic E-state index is 5.84. The molecule has 1 atom stereocenters. The smallest absolute Gasteiger partial charge is 0.119 e. The standard InChI is InChI=1S/C12H19NO/c1-3-4-11(13)9-14-12-7-5-10(2)6-8-12/h5-8,11H,3-4,9,13H2,1-2H3. The van der Waals surface area contributed by atoms with Gasteiger partial charge in [0.1, 0.15) is 12.4 Å². The molecule has 0 fully saturated rings. The average molecular weight is 193 g/mol. The van der Waals surface area contributed by atoms with Gasteiger partial charge < -0.3 is 10.5 Å². The van der Waals surface area contributed by atoms with Crippen LogP contribution < -0.4 is 10.5 Å². The predicted molar refractivity (Wildman–Crippen MR) is 59.6 cm³/mol. The largest absolute Gasteiger partial charge is 0.492 e. The summed E-state index contributed by atoms with van der Waals surface area (Å²) in [6.07, 6.45) is 2.13. The van der Waals surface area contributed by atoms with Gasteiger partial charge in [0, 0.05) is 6.04 Å². The zero-order chi connectivity index (χ0) is 10.4. The van der Waals surface area contributed by atoms with Crippen LogP contribution in [0.1, 0.15) is 25.3 Å². The van der Waals surface area contributed by atoms with Crippen LogP contribution in [-0.2, 0) is 0 Å². The fraction of sp³-hybridized carbons (Fsp3) is 0.500. The highest BCUT2D eigenvalue weighted by Crippen LogP contribution is 2.11.